The molecule has 62 valence electrons. The summed E-state index contributed by atoms with van der Waals surface area (Å²) in [6.07, 6.45) is 2.71. The number of rotatable bonds is 1. The first kappa shape index (κ1) is 8.43. The smallest absolute Gasteiger partial charge is 0.186 e. The molecule has 1 aliphatic rings. The SMILES string of the molecule is CCC1(O)C=CC(=O)[C@H](C)O1. The molecule has 0 radical (unpaired) electrons. The first-order chi connectivity index (χ1) is 5.07. The monoisotopic (exact) mass is 156 g/mol. The quantitative estimate of drug-likeness (QED) is 0.605. The average Bonchev–Trinajstić information content (AvgIpc) is 1.98. The normalized spacial score (nSPS) is 37.7. The zero-order valence-electron chi connectivity index (χ0n) is 6.70. The van der Waals surface area contributed by atoms with Crippen LogP contribution in [0, 0.1) is 0 Å². The summed E-state index contributed by atoms with van der Waals surface area (Å²) in [5.41, 5.74) is 0. The predicted octanol–water partition coefficient (Wildman–Crippen LogP) is 0.629. The van der Waals surface area contributed by atoms with E-state index in [0.29, 0.717) is 6.42 Å². The van der Waals surface area contributed by atoms with E-state index in [-0.39, 0.29) is 5.78 Å². The topological polar surface area (TPSA) is 46.5 Å². The van der Waals surface area contributed by atoms with Gasteiger partial charge in [-0.05, 0) is 19.1 Å². The molecule has 0 saturated heterocycles. The molecule has 1 N–H and O–H groups in total. The third kappa shape index (κ3) is 1.67. The molecule has 1 heterocycles. The molecule has 1 aliphatic heterocycles. The minimum atomic E-state index is -1.23. The van der Waals surface area contributed by atoms with Gasteiger partial charge >= 0.3 is 0 Å². The average molecular weight is 156 g/mol. The summed E-state index contributed by atoms with van der Waals surface area (Å²) < 4.78 is 5.05. The largest absolute Gasteiger partial charge is 0.362 e. The van der Waals surface area contributed by atoms with E-state index in [0.717, 1.165) is 0 Å². The zero-order chi connectivity index (χ0) is 8.48. The highest BCUT2D eigenvalue weighted by molar-refractivity contribution is 5.94. The van der Waals surface area contributed by atoms with Gasteiger partial charge in [0.25, 0.3) is 0 Å². The Balaban J connectivity index is 2.78. The molecular weight excluding hydrogens is 144 g/mol. The molecule has 1 unspecified atom stereocenters. The van der Waals surface area contributed by atoms with Crippen molar-refractivity contribution in [2.75, 3.05) is 0 Å². The minimum absolute atomic E-state index is 0.0943. The van der Waals surface area contributed by atoms with Gasteiger partial charge in [0, 0.05) is 6.42 Å². The van der Waals surface area contributed by atoms with Crippen LogP contribution >= 0.6 is 0 Å². The molecule has 11 heavy (non-hydrogen) atoms. The third-order valence-electron chi connectivity index (χ3n) is 1.80. The van der Waals surface area contributed by atoms with Crippen molar-refractivity contribution in [2.24, 2.45) is 0 Å². The van der Waals surface area contributed by atoms with E-state index in [1.165, 1.54) is 12.2 Å². The van der Waals surface area contributed by atoms with Gasteiger partial charge in [0.15, 0.2) is 11.6 Å². The van der Waals surface area contributed by atoms with Crippen LogP contribution in [0.5, 0.6) is 0 Å². The van der Waals surface area contributed by atoms with Gasteiger partial charge in [0.05, 0.1) is 0 Å². The van der Waals surface area contributed by atoms with Crippen LogP contribution in [0.15, 0.2) is 12.2 Å². The van der Waals surface area contributed by atoms with E-state index in [2.05, 4.69) is 0 Å². The summed E-state index contributed by atoms with van der Waals surface area (Å²) >= 11 is 0. The highest BCUT2D eigenvalue weighted by atomic mass is 16.6. The molecule has 0 amide bonds. The van der Waals surface area contributed by atoms with Crippen molar-refractivity contribution >= 4 is 5.78 Å². The van der Waals surface area contributed by atoms with E-state index in [4.69, 9.17) is 4.74 Å². The summed E-state index contributed by atoms with van der Waals surface area (Å²) in [7, 11) is 0. The summed E-state index contributed by atoms with van der Waals surface area (Å²) in [4.78, 5) is 10.9. The number of hydrogen-bond donors (Lipinski definition) is 1. The first-order valence-electron chi connectivity index (χ1n) is 3.70. The molecule has 2 atom stereocenters. The molecule has 0 aromatic rings. The van der Waals surface area contributed by atoms with Crippen molar-refractivity contribution in [3.05, 3.63) is 12.2 Å². The molecule has 0 saturated carbocycles. The van der Waals surface area contributed by atoms with Crippen LogP contribution in [0.2, 0.25) is 0 Å². The Kier molecular flexibility index (Phi) is 2.11. The van der Waals surface area contributed by atoms with E-state index in [9.17, 15) is 9.90 Å². The van der Waals surface area contributed by atoms with Gasteiger partial charge in [-0.1, -0.05) is 6.92 Å². The lowest BCUT2D eigenvalue weighted by molar-refractivity contribution is -0.199. The Morgan fingerprint density at radius 3 is 2.91 bits per heavy atom. The lowest BCUT2D eigenvalue weighted by Crippen LogP contribution is -2.39. The Bertz CT molecular complexity index is 198. The van der Waals surface area contributed by atoms with Crippen LogP contribution < -0.4 is 0 Å². The van der Waals surface area contributed by atoms with Gasteiger partial charge in [-0.15, -0.1) is 0 Å². The highest BCUT2D eigenvalue weighted by Crippen LogP contribution is 2.20. The fourth-order valence-electron chi connectivity index (χ4n) is 0.953. The van der Waals surface area contributed by atoms with Gasteiger partial charge in [-0.2, -0.15) is 0 Å². The maximum absolute atomic E-state index is 10.9. The number of hydrogen-bond acceptors (Lipinski definition) is 3. The molecule has 1 rings (SSSR count). The molecule has 0 aliphatic carbocycles. The van der Waals surface area contributed by atoms with Crippen molar-refractivity contribution < 1.29 is 14.6 Å². The summed E-state index contributed by atoms with van der Waals surface area (Å²) in [6.45, 7) is 3.43. The number of ether oxygens (including phenoxy) is 1. The first-order valence-corrected chi connectivity index (χ1v) is 3.70. The molecule has 0 fully saturated rings. The van der Waals surface area contributed by atoms with Crippen molar-refractivity contribution in [2.45, 2.75) is 32.2 Å². The fraction of sp³-hybridized carbons (Fsp3) is 0.625. The fourth-order valence-corrected chi connectivity index (χ4v) is 0.953. The second-order valence-electron chi connectivity index (χ2n) is 2.69. The molecule has 0 aromatic heterocycles. The van der Waals surface area contributed by atoms with Crippen LogP contribution in [0.1, 0.15) is 20.3 Å². The summed E-state index contributed by atoms with van der Waals surface area (Å²) in [5.74, 6) is -1.32. The second-order valence-corrected chi connectivity index (χ2v) is 2.69. The van der Waals surface area contributed by atoms with Gasteiger partial charge in [0.1, 0.15) is 6.10 Å². The highest BCUT2D eigenvalue weighted by Gasteiger charge is 2.31. The van der Waals surface area contributed by atoms with E-state index < -0.39 is 11.9 Å². The van der Waals surface area contributed by atoms with Gasteiger partial charge in [-0.3, -0.25) is 4.79 Å². The van der Waals surface area contributed by atoms with E-state index in [1.807, 2.05) is 0 Å². The maximum Gasteiger partial charge on any atom is 0.186 e. The van der Waals surface area contributed by atoms with Crippen LogP contribution in [0.4, 0.5) is 0 Å². The van der Waals surface area contributed by atoms with E-state index >= 15 is 0 Å². The summed E-state index contributed by atoms with van der Waals surface area (Å²) in [6, 6.07) is 0. The predicted molar refractivity (Wildman–Crippen MR) is 39.9 cm³/mol. The second kappa shape index (κ2) is 2.75. The van der Waals surface area contributed by atoms with Crippen molar-refractivity contribution in [1.29, 1.82) is 0 Å². The number of carbonyl (C=O) groups is 1. The Labute approximate surface area is 65.7 Å². The van der Waals surface area contributed by atoms with Crippen molar-refractivity contribution in [1.82, 2.24) is 0 Å². The maximum atomic E-state index is 10.9. The van der Waals surface area contributed by atoms with Gasteiger partial charge in [0.2, 0.25) is 0 Å². The number of aliphatic hydroxyl groups is 1. The molecule has 3 nitrogen and oxygen atoms in total. The van der Waals surface area contributed by atoms with Gasteiger partial charge in [-0.25, -0.2) is 0 Å². The Morgan fingerprint density at radius 2 is 2.45 bits per heavy atom. The van der Waals surface area contributed by atoms with Gasteiger partial charge < -0.3 is 9.84 Å². The Morgan fingerprint density at radius 1 is 1.82 bits per heavy atom. The minimum Gasteiger partial charge on any atom is -0.362 e. The molecule has 3 heteroatoms. The van der Waals surface area contributed by atoms with Crippen LogP contribution in [-0.4, -0.2) is 22.8 Å². The number of ketones is 1. The van der Waals surface area contributed by atoms with Crippen LogP contribution in [-0.2, 0) is 9.53 Å². The lowest BCUT2D eigenvalue weighted by Gasteiger charge is -2.29. The van der Waals surface area contributed by atoms with Crippen molar-refractivity contribution in [3.8, 4) is 0 Å². The lowest BCUT2D eigenvalue weighted by atomic mass is 10.1. The van der Waals surface area contributed by atoms with Crippen LogP contribution in [0.3, 0.4) is 0 Å². The molecule has 0 aromatic carbocycles. The third-order valence-corrected chi connectivity index (χ3v) is 1.80. The van der Waals surface area contributed by atoms with E-state index in [1.54, 1.807) is 13.8 Å². The standard InChI is InChI=1S/C8H12O3/c1-3-8(10)5-4-7(9)6(2)11-8/h4-6,10H,3H2,1-2H3/t6-,8?/m0/s1. The van der Waals surface area contributed by atoms with Crippen molar-refractivity contribution in [3.63, 3.8) is 0 Å². The number of carbonyl (C=O) groups excluding carboxylic acids is 1. The summed E-state index contributed by atoms with van der Waals surface area (Å²) in [5, 5.41) is 9.51. The molecule has 0 spiro atoms. The molecule has 0 bridgehead atoms. The van der Waals surface area contributed by atoms with Crippen LogP contribution in [0.25, 0.3) is 0 Å². The Hall–Kier alpha value is -0.670. The zero-order valence-corrected chi connectivity index (χ0v) is 6.70. The molecular formula is C8H12O3.